The maximum atomic E-state index is 12.7. The molecule has 0 aliphatic carbocycles. The van der Waals surface area contributed by atoms with E-state index in [1.807, 2.05) is 44.2 Å². The van der Waals surface area contributed by atoms with E-state index in [1.54, 1.807) is 18.2 Å². The predicted molar refractivity (Wildman–Crippen MR) is 127 cm³/mol. The first kappa shape index (κ1) is 23.0. The highest BCUT2D eigenvalue weighted by Gasteiger charge is 2.18. The molecule has 3 aromatic carbocycles. The van der Waals surface area contributed by atoms with Crippen LogP contribution in [0.3, 0.4) is 0 Å². The van der Waals surface area contributed by atoms with Gasteiger partial charge in [0.2, 0.25) is 5.91 Å². The summed E-state index contributed by atoms with van der Waals surface area (Å²) in [6.45, 7) is 3.92. The van der Waals surface area contributed by atoms with Gasteiger partial charge in [0.1, 0.15) is 0 Å². The quantitative estimate of drug-likeness (QED) is 0.262. The third kappa shape index (κ3) is 6.18. The molecule has 0 heterocycles. The molecule has 2 N–H and O–H groups in total. The molecule has 0 saturated heterocycles. The van der Waals surface area contributed by atoms with Crippen LogP contribution in [0.1, 0.15) is 29.3 Å². The molecule has 0 saturated carbocycles. The maximum absolute atomic E-state index is 12.7. The summed E-state index contributed by atoms with van der Waals surface area (Å²) in [5, 5.41) is 16.2. The Morgan fingerprint density at radius 3 is 2.25 bits per heavy atom. The van der Waals surface area contributed by atoms with Gasteiger partial charge >= 0.3 is 0 Å². The summed E-state index contributed by atoms with van der Waals surface area (Å²) in [6, 6.07) is 20.3. The van der Waals surface area contributed by atoms with Crippen LogP contribution in [0, 0.1) is 17.0 Å². The zero-order valence-corrected chi connectivity index (χ0v) is 18.5. The van der Waals surface area contributed by atoms with Gasteiger partial charge in [0.15, 0.2) is 0 Å². The number of carbonyl (C=O) groups excluding carboxylic acids is 2. The van der Waals surface area contributed by atoms with Crippen LogP contribution in [-0.2, 0) is 4.79 Å². The van der Waals surface area contributed by atoms with Gasteiger partial charge in [-0.25, -0.2) is 0 Å². The van der Waals surface area contributed by atoms with Gasteiger partial charge in [-0.1, -0.05) is 25.1 Å². The van der Waals surface area contributed by atoms with Crippen molar-refractivity contribution in [2.24, 2.45) is 0 Å². The summed E-state index contributed by atoms with van der Waals surface area (Å²) in [7, 11) is 0. The van der Waals surface area contributed by atoms with Crippen LogP contribution in [0.15, 0.2) is 77.7 Å². The van der Waals surface area contributed by atoms with E-state index < -0.39 is 4.92 Å². The third-order valence-corrected chi connectivity index (χ3v) is 6.02. The number of hydrogen-bond donors (Lipinski definition) is 2. The summed E-state index contributed by atoms with van der Waals surface area (Å²) < 4.78 is 0. The van der Waals surface area contributed by atoms with Gasteiger partial charge in [0, 0.05) is 34.0 Å². The topological polar surface area (TPSA) is 101 Å². The molecule has 0 aromatic heterocycles. The van der Waals surface area contributed by atoms with Gasteiger partial charge in [-0.3, -0.25) is 19.7 Å². The highest BCUT2D eigenvalue weighted by atomic mass is 32.2. The van der Waals surface area contributed by atoms with Gasteiger partial charge in [-0.2, -0.15) is 0 Å². The minimum Gasteiger partial charge on any atom is -0.325 e. The first-order valence-corrected chi connectivity index (χ1v) is 10.9. The van der Waals surface area contributed by atoms with E-state index in [9.17, 15) is 19.7 Å². The van der Waals surface area contributed by atoms with Crippen LogP contribution in [0.5, 0.6) is 0 Å². The molecule has 3 aromatic rings. The van der Waals surface area contributed by atoms with E-state index in [-0.39, 0.29) is 22.8 Å². The molecule has 0 aliphatic heterocycles. The van der Waals surface area contributed by atoms with E-state index >= 15 is 0 Å². The molecule has 32 heavy (non-hydrogen) atoms. The van der Waals surface area contributed by atoms with Gasteiger partial charge < -0.3 is 10.6 Å². The molecule has 0 aliphatic rings. The Labute approximate surface area is 190 Å². The van der Waals surface area contributed by atoms with E-state index in [4.69, 9.17) is 0 Å². The highest BCUT2D eigenvalue weighted by molar-refractivity contribution is 8.00. The summed E-state index contributed by atoms with van der Waals surface area (Å²) >= 11 is 1.42. The number of thioether (sulfide) groups is 1. The molecule has 0 fully saturated rings. The smallest absolute Gasteiger partial charge is 0.269 e. The van der Waals surface area contributed by atoms with Crippen molar-refractivity contribution in [3.8, 4) is 0 Å². The fourth-order valence-corrected chi connectivity index (χ4v) is 4.03. The van der Waals surface area contributed by atoms with Crippen LogP contribution >= 0.6 is 11.8 Å². The number of nitrogens with zero attached hydrogens (tertiary/aromatic N) is 1. The lowest BCUT2D eigenvalue weighted by Gasteiger charge is -2.16. The molecule has 164 valence electrons. The number of nitro groups is 1. The molecule has 1 atom stereocenters. The van der Waals surface area contributed by atoms with E-state index in [0.717, 1.165) is 16.1 Å². The van der Waals surface area contributed by atoms with Crippen LogP contribution in [0.2, 0.25) is 0 Å². The lowest BCUT2D eigenvalue weighted by Crippen LogP contribution is -2.24. The fourth-order valence-electron chi connectivity index (χ4n) is 3.02. The lowest BCUT2D eigenvalue weighted by atomic mass is 10.2. The number of anilines is 2. The first-order chi connectivity index (χ1) is 15.4. The van der Waals surface area contributed by atoms with Crippen molar-refractivity contribution in [2.75, 3.05) is 10.6 Å². The average Bonchev–Trinajstić information content (AvgIpc) is 2.77. The second-order valence-corrected chi connectivity index (χ2v) is 8.44. The molecule has 7 nitrogen and oxygen atoms in total. The van der Waals surface area contributed by atoms with Crippen molar-refractivity contribution < 1.29 is 14.5 Å². The van der Waals surface area contributed by atoms with Gasteiger partial charge in [0.25, 0.3) is 11.6 Å². The number of benzene rings is 3. The zero-order valence-electron chi connectivity index (χ0n) is 17.7. The molecule has 1 unspecified atom stereocenters. The summed E-state index contributed by atoms with van der Waals surface area (Å²) in [5.41, 5.74) is 2.65. The van der Waals surface area contributed by atoms with Crippen LogP contribution in [-0.4, -0.2) is 22.0 Å². The lowest BCUT2D eigenvalue weighted by molar-refractivity contribution is -0.384. The SMILES string of the molecule is CCC(Sc1cccc(NC(=O)c2ccc([N+](=O)[O-])cc2)c1)C(=O)Nc1cccc(C)c1. The summed E-state index contributed by atoms with van der Waals surface area (Å²) in [4.78, 5) is 36.3. The van der Waals surface area contributed by atoms with E-state index in [0.29, 0.717) is 17.7 Å². The van der Waals surface area contributed by atoms with Crippen molar-refractivity contribution in [3.63, 3.8) is 0 Å². The number of amides is 2. The van der Waals surface area contributed by atoms with E-state index in [1.165, 1.54) is 36.0 Å². The normalized spacial score (nSPS) is 11.4. The van der Waals surface area contributed by atoms with Crippen LogP contribution in [0.4, 0.5) is 17.1 Å². The maximum Gasteiger partial charge on any atom is 0.269 e. The van der Waals surface area contributed by atoms with Crippen molar-refractivity contribution >= 4 is 40.6 Å². The molecule has 0 spiro atoms. The average molecular weight is 450 g/mol. The zero-order chi connectivity index (χ0) is 23.1. The number of rotatable bonds is 8. The van der Waals surface area contributed by atoms with Crippen LogP contribution < -0.4 is 10.6 Å². The summed E-state index contributed by atoms with van der Waals surface area (Å²) in [5.74, 6) is -0.449. The standard InChI is InChI=1S/C24H23N3O4S/c1-3-22(24(29)26-18-7-4-6-16(2)14-18)32-21-9-5-8-19(15-21)25-23(28)17-10-12-20(13-11-17)27(30)31/h4-15,22H,3H2,1-2H3,(H,25,28)(H,26,29). The Kier molecular flexibility index (Phi) is 7.62. The molecular weight excluding hydrogens is 426 g/mol. The first-order valence-electron chi connectivity index (χ1n) is 10.1. The molecule has 0 bridgehead atoms. The van der Waals surface area contributed by atoms with E-state index in [2.05, 4.69) is 10.6 Å². The third-order valence-electron chi connectivity index (χ3n) is 4.66. The summed E-state index contributed by atoms with van der Waals surface area (Å²) in [6.07, 6.45) is 0.641. The Bertz CT molecular complexity index is 1130. The fraction of sp³-hybridized carbons (Fsp3) is 0.167. The minimum atomic E-state index is -0.512. The van der Waals surface area contributed by atoms with Crippen molar-refractivity contribution in [2.45, 2.75) is 30.4 Å². The molecule has 0 radical (unpaired) electrons. The number of nitrogens with one attached hydrogen (secondary N) is 2. The number of hydrogen-bond acceptors (Lipinski definition) is 5. The van der Waals surface area contributed by atoms with Gasteiger partial charge in [-0.15, -0.1) is 11.8 Å². The van der Waals surface area contributed by atoms with Crippen molar-refractivity contribution in [3.05, 3.63) is 94.0 Å². The Hall–Kier alpha value is -3.65. The highest BCUT2D eigenvalue weighted by Crippen LogP contribution is 2.29. The molecular formula is C24H23N3O4S. The van der Waals surface area contributed by atoms with Crippen molar-refractivity contribution in [1.82, 2.24) is 0 Å². The molecule has 2 amide bonds. The minimum absolute atomic E-state index is 0.0745. The Morgan fingerprint density at radius 2 is 1.62 bits per heavy atom. The number of non-ortho nitro benzene ring substituents is 1. The Balaban J connectivity index is 1.65. The number of carbonyl (C=O) groups is 2. The largest absolute Gasteiger partial charge is 0.325 e. The Morgan fingerprint density at radius 1 is 0.969 bits per heavy atom. The number of aryl methyl sites for hydroxylation is 1. The molecule has 3 rings (SSSR count). The van der Waals surface area contributed by atoms with Crippen molar-refractivity contribution in [1.29, 1.82) is 0 Å². The monoisotopic (exact) mass is 449 g/mol. The van der Waals surface area contributed by atoms with Crippen LogP contribution in [0.25, 0.3) is 0 Å². The molecule has 8 heteroatoms. The number of nitro benzene ring substituents is 1. The second kappa shape index (κ2) is 10.6. The van der Waals surface area contributed by atoms with Gasteiger partial charge in [0.05, 0.1) is 10.2 Å². The predicted octanol–water partition coefficient (Wildman–Crippen LogP) is 5.66. The second-order valence-electron chi connectivity index (χ2n) is 7.16. The van der Waals surface area contributed by atoms with Gasteiger partial charge in [-0.05, 0) is 61.4 Å².